The molecule has 1 aliphatic heterocycles. The van der Waals surface area contributed by atoms with E-state index < -0.39 is 5.82 Å². The van der Waals surface area contributed by atoms with E-state index in [1.165, 1.54) is 12.1 Å². The van der Waals surface area contributed by atoms with Gasteiger partial charge in [0.1, 0.15) is 17.3 Å². The highest BCUT2D eigenvalue weighted by atomic mass is 35.5. The van der Waals surface area contributed by atoms with E-state index in [9.17, 15) is 14.0 Å². The second-order valence-electron chi connectivity index (χ2n) is 8.44. The molecule has 0 saturated heterocycles. The topological polar surface area (TPSA) is 91.8 Å². The van der Waals surface area contributed by atoms with Crippen molar-refractivity contribution in [3.05, 3.63) is 29.0 Å². The number of benzene rings is 1. The van der Waals surface area contributed by atoms with Crippen molar-refractivity contribution in [3.63, 3.8) is 0 Å². The van der Waals surface area contributed by atoms with Gasteiger partial charge in [0.05, 0.1) is 11.1 Å². The van der Waals surface area contributed by atoms with Crippen molar-refractivity contribution >= 4 is 29.1 Å². The van der Waals surface area contributed by atoms with Crippen molar-refractivity contribution in [1.82, 2.24) is 16.0 Å². The minimum atomic E-state index is -0.594. The summed E-state index contributed by atoms with van der Waals surface area (Å²) in [5.74, 6) is -0.760. The highest BCUT2D eigenvalue weighted by Gasteiger charge is 2.69. The van der Waals surface area contributed by atoms with Crippen LogP contribution in [0.4, 0.5) is 4.39 Å². The lowest BCUT2D eigenvalue weighted by atomic mass is 9.44. The lowest BCUT2D eigenvalue weighted by Gasteiger charge is -2.70. The maximum absolute atomic E-state index is 13.4. The molecule has 0 aromatic heterocycles. The van der Waals surface area contributed by atoms with Crippen molar-refractivity contribution in [2.24, 2.45) is 4.99 Å². The van der Waals surface area contributed by atoms with Crippen LogP contribution in [0.1, 0.15) is 33.1 Å². The molecule has 0 spiro atoms. The third kappa shape index (κ3) is 3.96. The van der Waals surface area contributed by atoms with Crippen LogP contribution in [0, 0.1) is 5.82 Å². The second-order valence-corrected chi connectivity index (χ2v) is 8.85. The number of carbonyl (C=O) groups excluding carboxylic acids is 2. The minimum absolute atomic E-state index is 0.00181. The summed E-state index contributed by atoms with van der Waals surface area (Å²) in [6, 6.07) is 4.36. The zero-order chi connectivity index (χ0) is 20.8. The molecule has 3 aliphatic carbocycles. The Balaban J connectivity index is 1.22. The summed E-state index contributed by atoms with van der Waals surface area (Å²) in [6.45, 7) is 4.29. The van der Waals surface area contributed by atoms with E-state index in [1.807, 2.05) is 13.8 Å². The molecule has 7 nitrogen and oxygen atoms in total. The summed E-state index contributed by atoms with van der Waals surface area (Å²) in [7, 11) is 0. The van der Waals surface area contributed by atoms with E-state index >= 15 is 0 Å². The molecule has 5 rings (SSSR count). The molecule has 2 atom stereocenters. The lowest BCUT2D eigenvalue weighted by molar-refractivity contribution is -0.147. The first kappa shape index (κ1) is 20.1. The van der Waals surface area contributed by atoms with Gasteiger partial charge < -0.3 is 20.7 Å². The largest absolute Gasteiger partial charge is 0.484 e. The summed E-state index contributed by atoms with van der Waals surface area (Å²) >= 11 is 5.62. The fourth-order valence-corrected chi connectivity index (χ4v) is 4.50. The first-order chi connectivity index (χ1) is 13.7. The molecule has 1 aromatic rings. The first-order valence-corrected chi connectivity index (χ1v) is 10.1. The fourth-order valence-electron chi connectivity index (χ4n) is 4.38. The van der Waals surface area contributed by atoms with Gasteiger partial charge in [0, 0.05) is 29.7 Å². The van der Waals surface area contributed by atoms with Crippen LogP contribution in [0.15, 0.2) is 23.2 Å². The average molecular weight is 423 g/mol. The van der Waals surface area contributed by atoms with Crippen LogP contribution < -0.4 is 20.7 Å². The predicted octanol–water partition coefficient (Wildman–Crippen LogP) is 1.59. The van der Waals surface area contributed by atoms with Crippen molar-refractivity contribution < 1.29 is 18.7 Å². The molecule has 29 heavy (non-hydrogen) atoms. The number of rotatable bonds is 6. The normalized spacial score (nSPS) is 32.3. The zero-order valence-electron chi connectivity index (χ0n) is 16.4. The van der Waals surface area contributed by atoms with Crippen LogP contribution in [0.25, 0.3) is 0 Å². The summed E-state index contributed by atoms with van der Waals surface area (Å²) in [6.07, 6.45) is 2.08. The Bertz CT molecular complexity index is 871. The summed E-state index contributed by atoms with van der Waals surface area (Å²) in [5, 5.41) is 9.33. The molecule has 3 fully saturated rings. The van der Waals surface area contributed by atoms with E-state index in [4.69, 9.17) is 16.3 Å². The van der Waals surface area contributed by atoms with Crippen LogP contribution >= 0.6 is 11.6 Å². The molecule has 3 N–H and O–H groups in total. The smallest absolute Gasteiger partial charge is 0.266 e. The molecule has 1 aromatic carbocycles. The Hall–Kier alpha value is -2.19. The summed E-state index contributed by atoms with van der Waals surface area (Å²) < 4.78 is 18.7. The number of hydrogen-bond acceptors (Lipinski definition) is 5. The number of amides is 2. The maximum Gasteiger partial charge on any atom is 0.266 e. The Kier molecular flexibility index (Phi) is 5.02. The van der Waals surface area contributed by atoms with Crippen LogP contribution in [-0.2, 0) is 9.59 Å². The molecule has 2 bridgehead atoms. The van der Waals surface area contributed by atoms with Crippen molar-refractivity contribution in [3.8, 4) is 5.75 Å². The van der Waals surface area contributed by atoms with Crippen LogP contribution in [0.5, 0.6) is 5.75 Å². The van der Waals surface area contributed by atoms with Crippen LogP contribution in [-0.4, -0.2) is 53.8 Å². The Morgan fingerprint density at radius 2 is 1.97 bits per heavy atom. The Labute approximate surface area is 173 Å². The van der Waals surface area contributed by atoms with Gasteiger partial charge in [0.25, 0.3) is 11.8 Å². The van der Waals surface area contributed by atoms with Gasteiger partial charge in [0.15, 0.2) is 6.61 Å². The Morgan fingerprint density at radius 3 is 2.62 bits per heavy atom. The first-order valence-electron chi connectivity index (χ1n) is 9.71. The maximum atomic E-state index is 13.4. The molecule has 9 heteroatoms. The van der Waals surface area contributed by atoms with Gasteiger partial charge in [-0.1, -0.05) is 11.6 Å². The van der Waals surface area contributed by atoms with Gasteiger partial charge >= 0.3 is 0 Å². The van der Waals surface area contributed by atoms with E-state index in [-0.39, 0.29) is 52.4 Å². The number of nitrogens with one attached hydrogen (secondary N) is 3. The van der Waals surface area contributed by atoms with Gasteiger partial charge in [-0.2, -0.15) is 0 Å². The molecule has 1 heterocycles. The highest BCUT2D eigenvalue weighted by molar-refractivity contribution is 6.40. The van der Waals surface area contributed by atoms with Gasteiger partial charge in [-0.05, 0) is 45.2 Å². The number of carbonyl (C=O) groups is 2. The predicted molar refractivity (Wildman–Crippen MR) is 107 cm³/mol. The molecule has 2 amide bonds. The Morgan fingerprint density at radius 1 is 1.28 bits per heavy atom. The number of halogens is 2. The fraction of sp³-hybridized carbons (Fsp3) is 0.550. The highest BCUT2D eigenvalue weighted by Crippen LogP contribution is 2.60. The monoisotopic (exact) mass is 422 g/mol. The van der Waals surface area contributed by atoms with E-state index in [1.54, 1.807) is 0 Å². The van der Waals surface area contributed by atoms with E-state index in [0.29, 0.717) is 31.5 Å². The minimum Gasteiger partial charge on any atom is -0.484 e. The standard InChI is InChI=1S/C20H24ClFN4O3/c1-11-12(2)24-16(6-23-11)18(28)26-20-8-19(9-20,10-20)25-17(27)7-29-13-3-4-14(21)15(22)5-13/h3-5,11-12,23H,6-10H2,1-2H3,(H,25,27)(H,26,28). The molecule has 0 radical (unpaired) electrons. The molecule has 3 saturated carbocycles. The van der Waals surface area contributed by atoms with Gasteiger partial charge in [-0.15, -0.1) is 0 Å². The van der Waals surface area contributed by atoms with Crippen molar-refractivity contribution in [2.75, 3.05) is 13.2 Å². The van der Waals surface area contributed by atoms with E-state index in [0.717, 1.165) is 6.07 Å². The molecular weight excluding hydrogens is 399 g/mol. The summed E-state index contributed by atoms with van der Waals surface area (Å²) in [4.78, 5) is 29.1. The van der Waals surface area contributed by atoms with Gasteiger partial charge in [-0.25, -0.2) is 4.39 Å². The van der Waals surface area contributed by atoms with Crippen LogP contribution in [0.2, 0.25) is 5.02 Å². The molecule has 4 aliphatic rings. The third-order valence-electron chi connectivity index (χ3n) is 6.01. The number of hydrogen-bond donors (Lipinski definition) is 3. The van der Waals surface area contributed by atoms with Crippen LogP contribution in [0.3, 0.4) is 0 Å². The molecule has 156 valence electrons. The average Bonchev–Trinajstić information content (AvgIpc) is 2.62. The van der Waals surface area contributed by atoms with Gasteiger partial charge in [0.2, 0.25) is 0 Å². The number of aliphatic imine (C=N–C) groups is 1. The van der Waals surface area contributed by atoms with Gasteiger partial charge in [-0.3, -0.25) is 14.6 Å². The van der Waals surface area contributed by atoms with Crippen molar-refractivity contribution in [1.29, 1.82) is 0 Å². The molecular formula is C20H24ClFN4O3. The zero-order valence-corrected chi connectivity index (χ0v) is 17.1. The number of ether oxygens (including phenoxy) is 1. The SMILES string of the molecule is CC1N=C(C(=O)NC23CC(NC(=O)COc4ccc(Cl)c(F)c4)(C2)C3)CNC1C. The lowest BCUT2D eigenvalue weighted by Crippen LogP contribution is -2.84. The quantitative estimate of drug-likeness (QED) is 0.649. The number of nitrogens with zero attached hydrogens (tertiary/aromatic N) is 1. The third-order valence-corrected chi connectivity index (χ3v) is 6.32. The van der Waals surface area contributed by atoms with Crippen molar-refractivity contribution in [2.45, 2.75) is 56.3 Å². The molecule has 2 unspecified atom stereocenters. The summed E-state index contributed by atoms with van der Waals surface area (Å²) in [5.41, 5.74) is -0.00533. The second kappa shape index (κ2) is 7.25. The van der Waals surface area contributed by atoms with E-state index in [2.05, 4.69) is 20.9 Å².